The van der Waals surface area contributed by atoms with Crippen LogP contribution in [-0.4, -0.2) is 40.8 Å². The summed E-state index contributed by atoms with van der Waals surface area (Å²) in [4.78, 5) is 12.7. The fourth-order valence-electron chi connectivity index (χ4n) is 1.46. The lowest BCUT2D eigenvalue weighted by atomic mass is 10.5. The van der Waals surface area contributed by atoms with E-state index in [2.05, 4.69) is 20.3 Å². The van der Waals surface area contributed by atoms with Crippen molar-refractivity contribution < 1.29 is 9.47 Å². The second-order valence-electron chi connectivity index (χ2n) is 3.56. The van der Waals surface area contributed by atoms with Gasteiger partial charge in [-0.2, -0.15) is 9.97 Å². The van der Waals surface area contributed by atoms with Crippen molar-refractivity contribution in [1.29, 1.82) is 0 Å². The van der Waals surface area contributed by atoms with Crippen molar-refractivity contribution in [3.63, 3.8) is 0 Å². The molecule has 0 aliphatic heterocycles. The Morgan fingerprint density at radius 2 is 1.89 bits per heavy atom. The van der Waals surface area contributed by atoms with Crippen molar-refractivity contribution in [1.82, 2.24) is 24.8 Å². The molecule has 0 aliphatic rings. The monoisotopic (exact) mass is 249 g/mol. The van der Waals surface area contributed by atoms with Crippen LogP contribution in [0.15, 0.2) is 18.6 Å². The predicted molar refractivity (Wildman–Crippen MR) is 65.0 cm³/mol. The molecule has 2 aromatic heterocycles. The molecule has 0 aliphatic carbocycles. The Hall–Kier alpha value is -2.15. The quantitative estimate of drug-likeness (QED) is 0.826. The lowest BCUT2D eigenvalue weighted by molar-refractivity contribution is 0.370. The van der Waals surface area contributed by atoms with Gasteiger partial charge in [-0.1, -0.05) is 0 Å². The van der Waals surface area contributed by atoms with E-state index < -0.39 is 0 Å². The van der Waals surface area contributed by atoms with Gasteiger partial charge in [0.25, 0.3) is 0 Å². The van der Waals surface area contributed by atoms with E-state index >= 15 is 0 Å². The highest BCUT2D eigenvalue weighted by Crippen LogP contribution is 2.17. The Bertz CT molecular complexity index is 504. The lowest BCUT2D eigenvalue weighted by Crippen LogP contribution is -2.05. The van der Waals surface area contributed by atoms with Crippen molar-refractivity contribution in [2.24, 2.45) is 0 Å². The number of imidazole rings is 1. The molecule has 7 nitrogen and oxygen atoms in total. The summed E-state index contributed by atoms with van der Waals surface area (Å²) < 4.78 is 11.9. The zero-order valence-electron chi connectivity index (χ0n) is 10.5. The minimum absolute atomic E-state index is 0.445. The molecule has 0 amide bonds. The second kappa shape index (κ2) is 5.46. The maximum atomic E-state index is 5.10. The van der Waals surface area contributed by atoms with E-state index in [0.717, 1.165) is 5.69 Å². The largest absolute Gasteiger partial charge is 0.481 e. The Kier molecular flexibility index (Phi) is 3.73. The molecular weight excluding hydrogens is 234 g/mol. The molecule has 2 rings (SSSR count). The summed E-state index contributed by atoms with van der Waals surface area (Å²) in [5.74, 6) is 1.35. The average Bonchev–Trinajstić information content (AvgIpc) is 2.87. The van der Waals surface area contributed by atoms with Crippen molar-refractivity contribution >= 4 is 0 Å². The van der Waals surface area contributed by atoms with Gasteiger partial charge in [-0.05, 0) is 7.05 Å². The molecule has 0 saturated carbocycles. The summed E-state index contributed by atoms with van der Waals surface area (Å²) >= 11 is 0. The number of nitrogens with zero attached hydrogens (tertiary/aromatic N) is 4. The molecule has 2 heterocycles. The highest BCUT2D eigenvalue weighted by molar-refractivity contribution is 5.27. The molecule has 0 spiro atoms. The average molecular weight is 249 g/mol. The van der Waals surface area contributed by atoms with Gasteiger partial charge in [-0.25, -0.2) is 4.98 Å². The van der Waals surface area contributed by atoms with E-state index in [1.54, 1.807) is 31.2 Å². The van der Waals surface area contributed by atoms with Crippen molar-refractivity contribution in [2.45, 2.75) is 6.54 Å². The normalized spacial score (nSPS) is 10.4. The number of ether oxygens (including phenoxy) is 2. The van der Waals surface area contributed by atoms with Crippen LogP contribution < -0.4 is 14.8 Å². The van der Waals surface area contributed by atoms with Crippen LogP contribution in [0.2, 0.25) is 0 Å². The predicted octanol–water partition coefficient (Wildman–Crippen LogP) is 0.399. The minimum Gasteiger partial charge on any atom is -0.481 e. The van der Waals surface area contributed by atoms with Gasteiger partial charge in [-0.3, -0.25) is 4.57 Å². The third kappa shape index (κ3) is 2.57. The number of methoxy groups -OCH3 is 2. The van der Waals surface area contributed by atoms with Crippen LogP contribution >= 0.6 is 0 Å². The molecule has 2 aromatic rings. The van der Waals surface area contributed by atoms with Crippen molar-refractivity contribution in [2.75, 3.05) is 21.3 Å². The highest BCUT2D eigenvalue weighted by atomic mass is 16.5. The first-order valence-electron chi connectivity index (χ1n) is 5.41. The molecule has 0 atom stereocenters. The fourth-order valence-corrected chi connectivity index (χ4v) is 1.46. The molecule has 0 aromatic carbocycles. The zero-order valence-corrected chi connectivity index (χ0v) is 10.5. The van der Waals surface area contributed by atoms with Gasteiger partial charge in [0.1, 0.15) is 6.33 Å². The molecule has 0 saturated heterocycles. The summed E-state index contributed by atoms with van der Waals surface area (Å²) in [5.41, 5.74) is 0.905. The van der Waals surface area contributed by atoms with Gasteiger partial charge in [0, 0.05) is 12.7 Å². The summed E-state index contributed by atoms with van der Waals surface area (Å²) in [5, 5.41) is 3.03. The van der Waals surface area contributed by atoms with Crippen LogP contribution in [-0.2, 0) is 6.54 Å². The summed E-state index contributed by atoms with van der Waals surface area (Å²) in [7, 11) is 4.96. The number of nitrogens with one attached hydrogen (secondary N) is 1. The molecule has 7 heteroatoms. The number of aromatic nitrogens is 4. The lowest BCUT2D eigenvalue weighted by Gasteiger charge is -2.06. The zero-order chi connectivity index (χ0) is 13.0. The second-order valence-corrected chi connectivity index (χ2v) is 3.56. The van der Waals surface area contributed by atoms with Crippen LogP contribution in [0.4, 0.5) is 0 Å². The SMILES string of the molecule is CNCc1cn(-c2nc(OC)cc(OC)n2)cn1. The van der Waals surface area contributed by atoms with Crippen molar-refractivity contribution in [3.8, 4) is 17.7 Å². The molecule has 96 valence electrons. The first-order valence-corrected chi connectivity index (χ1v) is 5.41. The smallest absolute Gasteiger partial charge is 0.241 e. The highest BCUT2D eigenvalue weighted by Gasteiger charge is 2.08. The molecule has 0 unspecified atom stereocenters. The Morgan fingerprint density at radius 3 is 2.44 bits per heavy atom. The summed E-state index contributed by atoms with van der Waals surface area (Å²) in [6.07, 6.45) is 3.51. The number of rotatable bonds is 5. The summed E-state index contributed by atoms with van der Waals surface area (Å²) in [6, 6.07) is 1.62. The maximum absolute atomic E-state index is 5.10. The van der Waals surface area contributed by atoms with Crippen LogP contribution in [0, 0.1) is 0 Å². The molecule has 1 N–H and O–H groups in total. The molecular formula is C11H15N5O2. The van der Waals surface area contributed by atoms with Gasteiger partial charge in [0.2, 0.25) is 17.7 Å². The van der Waals surface area contributed by atoms with E-state index in [9.17, 15) is 0 Å². The van der Waals surface area contributed by atoms with Crippen molar-refractivity contribution in [3.05, 3.63) is 24.3 Å². The van der Waals surface area contributed by atoms with E-state index in [1.165, 1.54) is 0 Å². The van der Waals surface area contributed by atoms with E-state index in [-0.39, 0.29) is 0 Å². The van der Waals surface area contributed by atoms with Gasteiger partial charge >= 0.3 is 0 Å². The van der Waals surface area contributed by atoms with E-state index in [1.807, 2.05) is 13.2 Å². The first kappa shape index (κ1) is 12.3. The molecule has 0 fully saturated rings. The first-order chi connectivity index (χ1) is 8.76. The van der Waals surface area contributed by atoms with Gasteiger partial charge in [-0.15, -0.1) is 0 Å². The minimum atomic E-state index is 0.445. The van der Waals surface area contributed by atoms with Gasteiger partial charge < -0.3 is 14.8 Å². The molecule has 0 radical (unpaired) electrons. The van der Waals surface area contributed by atoms with Crippen LogP contribution in [0.25, 0.3) is 5.95 Å². The number of hydrogen-bond acceptors (Lipinski definition) is 6. The Balaban J connectivity index is 2.35. The van der Waals surface area contributed by atoms with Crippen LogP contribution in [0.5, 0.6) is 11.8 Å². The third-order valence-electron chi connectivity index (χ3n) is 2.31. The fraction of sp³-hybridized carbons (Fsp3) is 0.364. The molecule has 0 bridgehead atoms. The Morgan fingerprint density at radius 1 is 1.22 bits per heavy atom. The van der Waals surface area contributed by atoms with Gasteiger partial charge in [0.05, 0.1) is 26.0 Å². The maximum Gasteiger partial charge on any atom is 0.241 e. The summed E-state index contributed by atoms with van der Waals surface area (Å²) in [6.45, 7) is 0.689. The topological polar surface area (TPSA) is 74.1 Å². The van der Waals surface area contributed by atoms with E-state index in [4.69, 9.17) is 9.47 Å². The molecule has 18 heavy (non-hydrogen) atoms. The third-order valence-corrected chi connectivity index (χ3v) is 2.31. The number of hydrogen-bond donors (Lipinski definition) is 1. The van der Waals surface area contributed by atoms with Crippen LogP contribution in [0.3, 0.4) is 0 Å². The van der Waals surface area contributed by atoms with Gasteiger partial charge in [0.15, 0.2) is 0 Å². The Labute approximate surface area is 105 Å². The van der Waals surface area contributed by atoms with E-state index in [0.29, 0.717) is 24.3 Å². The van der Waals surface area contributed by atoms with Crippen LogP contribution in [0.1, 0.15) is 5.69 Å². The standard InChI is InChI=1S/C11H15N5O2/c1-12-5-8-6-16(7-13-8)11-14-9(17-2)4-10(15-11)18-3/h4,6-7,12H,5H2,1-3H3.